The molecule has 0 aromatic carbocycles. The van der Waals surface area contributed by atoms with Crippen LogP contribution in [0.15, 0.2) is 0 Å². The number of rotatable bonds is 7. The first-order chi connectivity index (χ1) is 10.3. The Hall–Kier alpha value is -1.93. The molecule has 0 saturated carbocycles. The molecule has 1 unspecified atom stereocenters. The summed E-state index contributed by atoms with van der Waals surface area (Å²) in [4.78, 5) is 35.9. The van der Waals surface area contributed by atoms with E-state index in [1.54, 1.807) is 13.8 Å². The normalized spacial score (nSPS) is 11.8. The van der Waals surface area contributed by atoms with Crippen LogP contribution < -0.4 is 10.6 Å². The van der Waals surface area contributed by atoms with E-state index in [-0.39, 0.29) is 18.9 Å². The number of amides is 2. The second kappa shape index (κ2) is 7.90. The summed E-state index contributed by atoms with van der Waals surface area (Å²) in [5, 5.41) is 14.5. The quantitative estimate of drug-likeness (QED) is 0.704. The van der Waals surface area contributed by atoms with Crippen LogP contribution in [0, 0.1) is 13.8 Å². The van der Waals surface area contributed by atoms with Gasteiger partial charge in [0, 0.05) is 12.0 Å². The molecule has 1 aromatic heterocycles. The van der Waals surface area contributed by atoms with Crippen LogP contribution in [0.25, 0.3) is 0 Å². The molecule has 0 radical (unpaired) electrons. The molecule has 8 heteroatoms. The molecule has 2 amide bonds. The maximum Gasteiger partial charge on any atom is 0.326 e. The number of carbonyl (C=O) groups excluding carboxylic acids is 2. The molecule has 0 aliphatic carbocycles. The van der Waals surface area contributed by atoms with Crippen molar-refractivity contribution < 1.29 is 24.2 Å². The van der Waals surface area contributed by atoms with Crippen molar-refractivity contribution in [3.8, 4) is 0 Å². The van der Waals surface area contributed by atoms with E-state index in [1.807, 2.05) is 6.92 Å². The summed E-state index contributed by atoms with van der Waals surface area (Å²) in [6, 6.07) is -0.963. The highest BCUT2D eigenvalue weighted by atomic mass is 32.1. The highest BCUT2D eigenvalue weighted by Crippen LogP contribution is 2.32. The summed E-state index contributed by atoms with van der Waals surface area (Å²) in [6.45, 7) is 5.14. The van der Waals surface area contributed by atoms with Crippen molar-refractivity contribution >= 4 is 34.1 Å². The zero-order chi connectivity index (χ0) is 16.9. The number of anilines is 1. The number of thiophene rings is 1. The van der Waals surface area contributed by atoms with E-state index in [1.165, 1.54) is 18.4 Å². The molecule has 1 heterocycles. The molecule has 122 valence electrons. The second-order valence-corrected chi connectivity index (χ2v) is 5.97. The number of nitrogens with one attached hydrogen (secondary N) is 2. The maximum absolute atomic E-state index is 12.4. The van der Waals surface area contributed by atoms with Gasteiger partial charge < -0.3 is 20.5 Å². The van der Waals surface area contributed by atoms with Crippen LogP contribution in [0.5, 0.6) is 0 Å². The van der Waals surface area contributed by atoms with Crippen LogP contribution in [-0.2, 0) is 14.3 Å². The van der Waals surface area contributed by atoms with Crippen LogP contribution >= 0.6 is 11.3 Å². The average molecular weight is 328 g/mol. The Balaban J connectivity index is 3.04. The summed E-state index contributed by atoms with van der Waals surface area (Å²) in [5.74, 6) is -1.97. The molecule has 0 bridgehead atoms. The topological polar surface area (TPSA) is 105 Å². The smallest absolute Gasteiger partial charge is 0.326 e. The Morgan fingerprint density at radius 2 is 1.95 bits per heavy atom. The predicted molar refractivity (Wildman–Crippen MR) is 83.5 cm³/mol. The minimum Gasteiger partial charge on any atom is -0.480 e. The molecule has 7 nitrogen and oxygen atoms in total. The van der Waals surface area contributed by atoms with Crippen LogP contribution in [0.1, 0.15) is 34.1 Å². The Labute approximate surface area is 132 Å². The first kappa shape index (κ1) is 18.1. The van der Waals surface area contributed by atoms with Gasteiger partial charge in [0.1, 0.15) is 17.6 Å². The average Bonchev–Trinajstić information content (AvgIpc) is 2.70. The third-order valence-corrected chi connectivity index (χ3v) is 4.28. The van der Waals surface area contributed by atoms with Crippen LogP contribution in [0.2, 0.25) is 0 Å². The lowest BCUT2D eigenvalue weighted by atomic mass is 10.1. The lowest BCUT2D eigenvalue weighted by molar-refractivity contribution is -0.139. The minimum absolute atomic E-state index is 0.121. The number of hydrogen-bond acceptors (Lipinski definition) is 5. The van der Waals surface area contributed by atoms with E-state index >= 15 is 0 Å². The second-order valence-electron chi connectivity index (χ2n) is 4.74. The fraction of sp³-hybridized carbons (Fsp3) is 0.500. The van der Waals surface area contributed by atoms with Gasteiger partial charge in [0.25, 0.3) is 11.8 Å². The van der Waals surface area contributed by atoms with E-state index in [0.29, 0.717) is 10.6 Å². The standard InChI is InChI=1S/C14H20N2O5S/c1-5-9(14(19)20)15-12(18)11-7(2)8(3)22-13(11)16-10(17)6-21-4/h9H,5-6H2,1-4H3,(H,15,18)(H,16,17)(H,19,20). The molecular weight excluding hydrogens is 308 g/mol. The van der Waals surface area contributed by atoms with Crippen LogP contribution in [0.3, 0.4) is 0 Å². The number of aliphatic carboxylic acids is 1. The fourth-order valence-electron chi connectivity index (χ4n) is 1.85. The Morgan fingerprint density at radius 1 is 1.32 bits per heavy atom. The number of carboxylic acid groups (broad SMARTS) is 1. The van der Waals surface area contributed by atoms with Gasteiger partial charge in [0.05, 0.1) is 5.56 Å². The van der Waals surface area contributed by atoms with Crippen molar-refractivity contribution in [1.29, 1.82) is 0 Å². The minimum atomic E-state index is -1.09. The Kier molecular flexibility index (Phi) is 6.51. The van der Waals surface area contributed by atoms with Gasteiger partial charge in [0.15, 0.2) is 0 Å². The number of aryl methyl sites for hydroxylation is 1. The van der Waals surface area contributed by atoms with Crippen molar-refractivity contribution in [2.75, 3.05) is 19.0 Å². The van der Waals surface area contributed by atoms with Gasteiger partial charge >= 0.3 is 5.97 Å². The van der Waals surface area contributed by atoms with Gasteiger partial charge in [-0.25, -0.2) is 4.79 Å². The van der Waals surface area contributed by atoms with E-state index in [0.717, 1.165) is 10.4 Å². The summed E-state index contributed by atoms with van der Waals surface area (Å²) in [7, 11) is 1.40. The zero-order valence-electron chi connectivity index (χ0n) is 13.0. The number of methoxy groups -OCH3 is 1. The van der Waals surface area contributed by atoms with E-state index in [9.17, 15) is 14.4 Å². The van der Waals surface area contributed by atoms with Crippen molar-refractivity contribution in [3.63, 3.8) is 0 Å². The van der Waals surface area contributed by atoms with Gasteiger partial charge in [-0.1, -0.05) is 6.92 Å². The first-order valence-electron chi connectivity index (χ1n) is 6.74. The molecule has 1 atom stereocenters. The van der Waals surface area contributed by atoms with Gasteiger partial charge in [-0.2, -0.15) is 0 Å². The molecular formula is C14H20N2O5S. The third-order valence-electron chi connectivity index (χ3n) is 3.15. The Morgan fingerprint density at radius 3 is 2.45 bits per heavy atom. The number of carboxylic acids is 1. The van der Waals surface area contributed by atoms with E-state index in [4.69, 9.17) is 9.84 Å². The monoisotopic (exact) mass is 328 g/mol. The molecule has 3 N–H and O–H groups in total. The third kappa shape index (κ3) is 4.28. The highest BCUT2D eigenvalue weighted by Gasteiger charge is 2.25. The molecule has 0 aliphatic rings. The molecule has 0 spiro atoms. The van der Waals surface area contributed by atoms with Gasteiger partial charge in [-0.05, 0) is 25.8 Å². The summed E-state index contributed by atoms with van der Waals surface area (Å²) in [6.07, 6.45) is 0.272. The van der Waals surface area contributed by atoms with E-state index < -0.39 is 17.9 Å². The van der Waals surface area contributed by atoms with Gasteiger partial charge in [-0.15, -0.1) is 11.3 Å². The van der Waals surface area contributed by atoms with Crippen molar-refractivity contribution in [2.24, 2.45) is 0 Å². The van der Waals surface area contributed by atoms with Crippen molar-refractivity contribution in [3.05, 3.63) is 16.0 Å². The lowest BCUT2D eigenvalue weighted by Crippen LogP contribution is -2.40. The summed E-state index contributed by atoms with van der Waals surface area (Å²) < 4.78 is 4.74. The number of carbonyl (C=O) groups is 3. The highest BCUT2D eigenvalue weighted by molar-refractivity contribution is 7.16. The molecule has 1 aromatic rings. The van der Waals surface area contributed by atoms with Gasteiger partial charge in [-0.3, -0.25) is 9.59 Å². The molecule has 0 saturated heterocycles. The SMILES string of the molecule is CCC(NC(=O)c1c(NC(=O)COC)sc(C)c1C)C(=O)O. The van der Waals surface area contributed by atoms with Crippen molar-refractivity contribution in [1.82, 2.24) is 5.32 Å². The van der Waals surface area contributed by atoms with Crippen LogP contribution in [0.4, 0.5) is 5.00 Å². The van der Waals surface area contributed by atoms with Crippen molar-refractivity contribution in [2.45, 2.75) is 33.2 Å². The molecule has 22 heavy (non-hydrogen) atoms. The zero-order valence-corrected chi connectivity index (χ0v) is 13.8. The number of ether oxygens (including phenoxy) is 1. The Bertz CT molecular complexity index is 582. The fourth-order valence-corrected chi connectivity index (χ4v) is 2.93. The first-order valence-corrected chi connectivity index (χ1v) is 7.55. The molecule has 1 rings (SSSR count). The lowest BCUT2D eigenvalue weighted by Gasteiger charge is -2.13. The van der Waals surface area contributed by atoms with Gasteiger partial charge in [0.2, 0.25) is 0 Å². The molecule has 0 fully saturated rings. The van der Waals surface area contributed by atoms with Crippen LogP contribution in [-0.4, -0.2) is 42.6 Å². The largest absolute Gasteiger partial charge is 0.480 e. The maximum atomic E-state index is 12.4. The predicted octanol–water partition coefficient (Wildman–Crippen LogP) is 1.54. The summed E-state index contributed by atoms with van der Waals surface area (Å²) in [5.41, 5.74) is 1.02. The summed E-state index contributed by atoms with van der Waals surface area (Å²) >= 11 is 1.27. The molecule has 0 aliphatic heterocycles. The number of hydrogen-bond donors (Lipinski definition) is 3. The van der Waals surface area contributed by atoms with E-state index in [2.05, 4.69) is 10.6 Å².